The van der Waals surface area contributed by atoms with Gasteiger partial charge >= 0.3 is 0 Å². The summed E-state index contributed by atoms with van der Waals surface area (Å²) in [5, 5.41) is 0.521. The zero-order chi connectivity index (χ0) is 9.84. The molecule has 0 heterocycles. The monoisotopic (exact) mass is 200 g/mol. The fourth-order valence-corrected chi connectivity index (χ4v) is 1.30. The van der Waals surface area contributed by atoms with E-state index in [0.29, 0.717) is 16.1 Å². The number of halogens is 2. The molecule has 0 unspecified atom stereocenters. The van der Waals surface area contributed by atoms with Crippen molar-refractivity contribution in [3.63, 3.8) is 0 Å². The van der Waals surface area contributed by atoms with Crippen LogP contribution in [0, 0.1) is 0 Å². The first-order valence-electron chi connectivity index (χ1n) is 3.96. The van der Waals surface area contributed by atoms with Gasteiger partial charge in [-0.1, -0.05) is 23.7 Å². The van der Waals surface area contributed by atoms with Crippen molar-refractivity contribution < 1.29 is 9.18 Å². The van der Waals surface area contributed by atoms with E-state index in [9.17, 15) is 9.18 Å². The molecule has 70 valence electrons. The molecule has 0 atom stereocenters. The summed E-state index contributed by atoms with van der Waals surface area (Å²) in [7, 11) is 0. The van der Waals surface area contributed by atoms with E-state index in [4.69, 9.17) is 11.6 Å². The Morgan fingerprint density at radius 2 is 2.23 bits per heavy atom. The lowest BCUT2D eigenvalue weighted by molar-refractivity contribution is -0.116. The quantitative estimate of drug-likeness (QED) is 0.733. The van der Waals surface area contributed by atoms with Crippen molar-refractivity contribution in [1.82, 2.24) is 0 Å². The lowest BCUT2D eigenvalue weighted by Gasteiger charge is -2.03. The van der Waals surface area contributed by atoms with Crippen molar-refractivity contribution in [3.05, 3.63) is 34.3 Å². The van der Waals surface area contributed by atoms with Crippen LogP contribution in [0.15, 0.2) is 18.2 Å². The summed E-state index contributed by atoms with van der Waals surface area (Å²) >= 11 is 5.82. The Kier molecular flexibility index (Phi) is 3.43. The Labute approximate surface area is 81.5 Å². The third kappa shape index (κ3) is 2.81. The van der Waals surface area contributed by atoms with E-state index >= 15 is 0 Å². The van der Waals surface area contributed by atoms with E-state index in [1.807, 2.05) is 0 Å². The summed E-state index contributed by atoms with van der Waals surface area (Å²) < 4.78 is 12.2. The maximum Gasteiger partial charge on any atom is 0.134 e. The van der Waals surface area contributed by atoms with Crippen LogP contribution in [0.25, 0.3) is 0 Å². The highest BCUT2D eigenvalue weighted by atomic mass is 35.5. The van der Waals surface area contributed by atoms with Gasteiger partial charge < -0.3 is 0 Å². The van der Waals surface area contributed by atoms with Crippen molar-refractivity contribution in [2.24, 2.45) is 0 Å². The SMILES string of the molecule is CC(=O)Cc1cc(CF)ccc1Cl. The summed E-state index contributed by atoms with van der Waals surface area (Å²) in [5.74, 6) is 0.0258. The predicted molar refractivity (Wildman–Crippen MR) is 50.6 cm³/mol. The van der Waals surface area contributed by atoms with Crippen LogP contribution in [0.5, 0.6) is 0 Å². The van der Waals surface area contributed by atoms with Crippen LogP contribution in [0.3, 0.4) is 0 Å². The van der Waals surface area contributed by atoms with Crippen LogP contribution in [0.2, 0.25) is 5.02 Å². The third-order valence-electron chi connectivity index (χ3n) is 1.70. The van der Waals surface area contributed by atoms with Gasteiger partial charge in [0.1, 0.15) is 12.5 Å². The second kappa shape index (κ2) is 4.38. The van der Waals surface area contributed by atoms with Crippen LogP contribution >= 0.6 is 11.6 Å². The van der Waals surface area contributed by atoms with E-state index in [1.165, 1.54) is 6.92 Å². The number of Topliss-reactive ketones (excluding diaryl/α,β-unsaturated/α-hetero) is 1. The van der Waals surface area contributed by atoms with Crippen LogP contribution in [0.1, 0.15) is 18.1 Å². The number of alkyl halides is 1. The maximum absolute atomic E-state index is 12.2. The third-order valence-corrected chi connectivity index (χ3v) is 2.07. The first-order chi connectivity index (χ1) is 6.13. The summed E-state index contributed by atoms with van der Waals surface area (Å²) in [6.45, 7) is 0.959. The van der Waals surface area contributed by atoms with Gasteiger partial charge in [0.05, 0.1) is 0 Å². The van der Waals surface area contributed by atoms with Gasteiger partial charge in [0.2, 0.25) is 0 Å². The Hall–Kier alpha value is -0.890. The van der Waals surface area contributed by atoms with E-state index in [1.54, 1.807) is 18.2 Å². The molecule has 0 saturated carbocycles. The highest BCUT2D eigenvalue weighted by Crippen LogP contribution is 2.18. The fourth-order valence-electron chi connectivity index (χ4n) is 1.11. The van der Waals surface area contributed by atoms with Crippen molar-refractivity contribution in [2.75, 3.05) is 0 Å². The number of benzene rings is 1. The van der Waals surface area contributed by atoms with E-state index in [-0.39, 0.29) is 12.2 Å². The second-order valence-electron chi connectivity index (χ2n) is 2.94. The van der Waals surface area contributed by atoms with Gasteiger partial charge in [-0.05, 0) is 24.1 Å². The van der Waals surface area contributed by atoms with Gasteiger partial charge in [0.25, 0.3) is 0 Å². The molecule has 0 N–H and O–H groups in total. The number of hydrogen-bond donors (Lipinski definition) is 0. The minimum Gasteiger partial charge on any atom is -0.300 e. The Morgan fingerprint density at radius 3 is 2.77 bits per heavy atom. The van der Waals surface area contributed by atoms with Crippen molar-refractivity contribution >= 4 is 17.4 Å². The zero-order valence-corrected chi connectivity index (χ0v) is 8.07. The smallest absolute Gasteiger partial charge is 0.134 e. The highest BCUT2D eigenvalue weighted by Gasteiger charge is 2.04. The van der Waals surface area contributed by atoms with Crippen LogP contribution in [-0.2, 0) is 17.9 Å². The van der Waals surface area contributed by atoms with Crippen LogP contribution < -0.4 is 0 Å². The number of rotatable bonds is 3. The molecule has 13 heavy (non-hydrogen) atoms. The van der Waals surface area contributed by atoms with Gasteiger partial charge in [0.15, 0.2) is 0 Å². The predicted octanol–water partition coefficient (Wildman–Crippen LogP) is 2.94. The topological polar surface area (TPSA) is 17.1 Å². The molecule has 0 aromatic heterocycles. The molecule has 0 radical (unpaired) electrons. The molecule has 0 bridgehead atoms. The normalized spacial score (nSPS) is 10.1. The molecule has 0 saturated heterocycles. The number of carbonyl (C=O) groups is 1. The largest absolute Gasteiger partial charge is 0.300 e. The van der Waals surface area contributed by atoms with Gasteiger partial charge in [-0.3, -0.25) is 4.79 Å². The Morgan fingerprint density at radius 1 is 1.54 bits per heavy atom. The second-order valence-corrected chi connectivity index (χ2v) is 3.35. The minimum atomic E-state index is -0.526. The first kappa shape index (κ1) is 10.2. The molecule has 0 aliphatic carbocycles. The molecule has 3 heteroatoms. The molecule has 0 spiro atoms. The molecular weight excluding hydrogens is 191 g/mol. The summed E-state index contributed by atoms with van der Waals surface area (Å²) in [6, 6.07) is 4.87. The summed E-state index contributed by atoms with van der Waals surface area (Å²) in [5.41, 5.74) is 1.25. The molecule has 1 nitrogen and oxygen atoms in total. The van der Waals surface area contributed by atoms with E-state index in [2.05, 4.69) is 0 Å². The average Bonchev–Trinajstić information content (AvgIpc) is 2.08. The van der Waals surface area contributed by atoms with Crippen molar-refractivity contribution in [3.8, 4) is 0 Å². The van der Waals surface area contributed by atoms with Gasteiger partial charge in [-0.2, -0.15) is 0 Å². The van der Waals surface area contributed by atoms with Crippen LogP contribution in [0.4, 0.5) is 4.39 Å². The molecule has 1 aromatic carbocycles. The van der Waals surface area contributed by atoms with E-state index < -0.39 is 6.67 Å². The fraction of sp³-hybridized carbons (Fsp3) is 0.300. The Bertz CT molecular complexity index is 323. The molecule has 1 rings (SSSR count). The first-order valence-corrected chi connectivity index (χ1v) is 4.34. The molecule has 0 aliphatic rings. The molecule has 0 amide bonds. The molecular formula is C10H10ClFO. The number of carbonyl (C=O) groups excluding carboxylic acids is 1. The molecule has 0 fully saturated rings. The van der Waals surface area contributed by atoms with Crippen molar-refractivity contribution in [2.45, 2.75) is 20.0 Å². The van der Waals surface area contributed by atoms with E-state index in [0.717, 1.165) is 0 Å². The van der Waals surface area contributed by atoms with Gasteiger partial charge in [0, 0.05) is 11.4 Å². The Balaban J connectivity index is 2.96. The lowest BCUT2D eigenvalue weighted by atomic mass is 10.1. The van der Waals surface area contributed by atoms with Crippen LogP contribution in [-0.4, -0.2) is 5.78 Å². The molecule has 0 aliphatic heterocycles. The average molecular weight is 201 g/mol. The minimum absolute atomic E-state index is 0.0258. The standard InChI is InChI=1S/C10H10ClFO/c1-7(13)4-9-5-8(6-12)2-3-10(9)11/h2-3,5H,4,6H2,1H3. The number of hydrogen-bond acceptors (Lipinski definition) is 1. The zero-order valence-electron chi connectivity index (χ0n) is 7.31. The van der Waals surface area contributed by atoms with Gasteiger partial charge in [-0.15, -0.1) is 0 Å². The lowest BCUT2D eigenvalue weighted by Crippen LogP contribution is -1.97. The number of ketones is 1. The van der Waals surface area contributed by atoms with Crippen molar-refractivity contribution in [1.29, 1.82) is 0 Å². The van der Waals surface area contributed by atoms with Gasteiger partial charge in [-0.25, -0.2) is 4.39 Å². The maximum atomic E-state index is 12.2. The molecule has 1 aromatic rings. The summed E-state index contributed by atoms with van der Waals surface area (Å²) in [6.07, 6.45) is 0.271. The summed E-state index contributed by atoms with van der Waals surface area (Å²) in [4.78, 5) is 10.8. The highest BCUT2D eigenvalue weighted by molar-refractivity contribution is 6.31.